The van der Waals surface area contributed by atoms with Crippen molar-refractivity contribution in [1.29, 1.82) is 0 Å². The van der Waals surface area contributed by atoms with Crippen molar-refractivity contribution in [3.05, 3.63) is 40.0 Å². The van der Waals surface area contributed by atoms with Crippen LogP contribution >= 0.6 is 22.9 Å². The van der Waals surface area contributed by atoms with Gasteiger partial charge in [-0.2, -0.15) is 5.10 Å². The monoisotopic (exact) mass is 430 g/mol. The van der Waals surface area contributed by atoms with Gasteiger partial charge < -0.3 is 5.32 Å². The standard InChI is InChI=1S/C16H17ClN6O2S2.3H2/c1-27(24,25)19-7-10-4-5-13(26-10)16-18-8-11(17)15(21-16)20-14-6-12(22-23-14)9-2-3-9;;;/h4-6,8-9,19H,2-3,7H2,1H3,(H2,18,20,21,22,23);3*1H. The number of aromatic amines is 1. The average Bonchev–Trinajstić information content (AvgIpc) is 3.17. The zero-order chi connectivity index (χ0) is 19.0. The molecule has 0 bridgehead atoms. The van der Waals surface area contributed by atoms with Gasteiger partial charge in [-0.25, -0.2) is 23.1 Å². The molecule has 27 heavy (non-hydrogen) atoms. The molecule has 1 aliphatic carbocycles. The summed E-state index contributed by atoms with van der Waals surface area (Å²) in [6.07, 6.45) is 5.05. The lowest BCUT2D eigenvalue weighted by Gasteiger charge is -2.05. The Hall–Kier alpha value is -2.01. The number of anilines is 2. The van der Waals surface area contributed by atoms with Gasteiger partial charge in [0.15, 0.2) is 17.5 Å². The topological polar surface area (TPSA) is 113 Å². The number of hydrogen-bond donors (Lipinski definition) is 3. The van der Waals surface area contributed by atoms with Crippen molar-refractivity contribution in [2.45, 2.75) is 25.3 Å². The smallest absolute Gasteiger partial charge is 0.209 e. The highest BCUT2D eigenvalue weighted by molar-refractivity contribution is 7.88. The van der Waals surface area contributed by atoms with Gasteiger partial charge in [-0.3, -0.25) is 5.10 Å². The SMILES string of the molecule is CS(=O)(=O)NCc1ccc(-c2ncc(Cl)c(Nc3cc(C4CC4)[nH]n3)n2)s1.[HH].[HH].[HH]. The van der Waals surface area contributed by atoms with Crippen LogP contribution in [0.5, 0.6) is 0 Å². The Labute approximate surface area is 169 Å². The Morgan fingerprint density at radius 3 is 2.96 bits per heavy atom. The Kier molecular flexibility index (Phi) is 4.89. The predicted molar refractivity (Wildman–Crippen MR) is 112 cm³/mol. The summed E-state index contributed by atoms with van der Waals surface area (Å²) in [6, 6.07) is 5.67. The van der Waals surface area contributed by atoms with Crippen molar-refractivity contribution in [3.8, 4) is 10.7 Å². The molecule has 1 saturated carbocycles. The summed E-state index contributed by atoms with van der Waals surface area (Å²) in [5.74, 6) is 2.22. The fraction of sp³-hybridized carbons (Fsp3) is 0.312. The lowest BCUT2D eigenvalue weighted by molar-refractivity contribution is 0.588. The summed E-state index contributed by atoms with van der Waals surface area (Å²) in [5, 5.41) is 10.8. The van der Waals surface area contributed by atoms with Crippen LogP contribution in [0.1, 0.15) is 33.6 Å². The van der Waals surface area contributed by atoms with E-state index in [4.69, 9.17) is 11.6 Å². The second-order valence-corrected chi connectivity index (χ2v) is 9.77. The molecule has 3 aromatic heterocycles. The van der Waals surface area contributed by atoms with E-state index in [1.54, 1.807) is 0 Å². The molecule has 3 N–H and O–H groups in total. The van der Waals surface area contributed by atoms with E-state index < -0.39 is 10.0 Å². The summed E-state index contributed by atoms with van der Waals surface area (Å²) < 4.78 is 24.9. The van der Waals surface area contributed by atoms with Crippen LogP contribution in [-0.4, -0.2) is 34.8 Å². The lowest BCUT2D eigenvalue weighted by Crippen LogP contribution is -2.20. The third-order valence-corrected chi connectivity index (χ3v) is 6.02. The second-order valence-electron chi connectivity index (χ2n) is 6.36. The molecule has 11 heteroatoms. The van der Waals surface area contributed by atoms with Gasteiger partial charge in [0, 0.05) is 33.4 Å². The number of thiophene rings is 1. The molecule has 148 valence electrons. The van der Waals surface area contributed by atoms with Gasteiger partial charge in [-0.15, -0.1) is 11.3 Å². The van der Waals surface area contributed by atoms with Crippen LogP contribution < -0.4 is 10.0 Å². The molecule has 0 spiro atoms. The molecule has 1 aliphatic rings. The van der Waals surface area contributed by atoms with E-state index in [1.807, 2.05) is 18.2 Å². The maximum absolute atomic E-state index is 11.2. The molecule has 0 aliphatic heterocycles. The maximum Gasteiger partial charge on any atom is 0.209 e. The molecule has 0 saturated heterocycles. The minimum Gasteiger partial charge on any atom is -0.322 e. The van der Waals surface area contributed by atoms with Crippen LogP contribution in [0.3, 0.4) is 0 Å². The normalized spacial score (nSPS) is 14.4. The molecular weight excluding hydrogens is 408 g/mol. The zero-order valence-corrected chi connectivity index (χ0v) is 16.7. The van der Waals surface area contributed by atoms with Crippen molar-refractivity contribution in [3.63, 3.8) is 0 Å². The fourth-order valence-corrected chi connectivity index (χ4v) is 4.03. The van der Waals surface area contributed by atoms with Crippen molar-refractivity contribution in [2.75, 3.05) is 11.6 Å². The minimum absolute atomic E-state index is 0. The van der Waals surface area contributed by atoms with Gasteiger partial charge >= 0.3 is 0 Å². The van der Waals surface area contributed by atoms with Crippen molar-refractivity contribution in [2.24, 2.45) is 0 Å². The van der Waals surface area contributed by atoms with Crippen LogP contribution in [0.4, 0.5) is 11.6 Å². The number of hydrogen-bond acceptors (Lipinski definition) is 7. The zero-order valence-electron chi connectivity index (χ0n) is 14.4. The van der Waals surface area contributed by atoms with E-state index in [2.05, 4.69) is 30.2 Å². The first-order chi connectivity index (χ1) is 12.9. The summed E-state index contributed by atoms with van der Waals surface area (Å²) in [7, 11) is -3.24. The molecule has 4 rings (SSSR count). The number of H-pyrrole nitrogens is 1. The largest absolute Gasteiger partial charge is 0.322 e. The van der Waals surface area contributed by atoms with Gasteiger partial charge in [-0.1, -0.05) is 11.6 Å². The third-order valence-electron chi connectivity index (χ3n) is 4.00. The van der Waals surface area contributed by atoms with E-state index >= 15 is 0 Å². The molecule has 0 aromatic carbocycles. The van der Waals surface area contributed by atoms with E-state index in [0.717, 1.165) is 21.7 Å². The van der Waals surface area contributed by atoms with Crippen LogP contribution in [-0.2, 0) is 16.6 Å². The number of nitrogens with zero attached hydrogens (tertiary/aromatic N) is 3. The van der Waals surface area contributed by atoms with Gasteiger partial charge in [0.1, 0.15) is 5.02 Å². The summed E-state index contributed by atoms with van der Waals surface area (Å²) in [6.45, 7) is 0.236. The van der Waals surface area contributed by atoms with Gasteiger partial charge in [0.25, 0.3) is 0 Å². The highest BCUT2D eigenvalue weighted by Gasteiger charge is 2.25. The average molecular weight is 431 g/mol. The molecule has 0 amide bonds. The molecule has 0 radical (unpaired) electrons. The van der Waals surface area contributed by atoms with Crippen LogP contribution in [0.25, 0.3) is 10.7 Å². The Morgan fingerprint density at radius 2 is 2.22 bits per heavy atom. The summed E-state index contributed by atoms with van der Waals surface area (Å²) in [5.41, 5.74) is 1.11. The molecule has 0 unspecified atom stereocenters. The number of aromatic nitrogens is 4. The first-order valence-electron chi connectivity index (χ1n) is 8.26. The Bertz CT molecular complexity index is 1090. The molecule has 3 heterocycles. The first-order valence-corrected chi connectivity index (χ1v) is 11.3. The van der Waals surface area contributed by atoms with Crippen molar-refractivity contribution in [1.82, 2.24) is 24.9 Å². The van der Waals surface area contributed by atoms with Gasteiger partial charge in [-0.05, 0) is 25.0 Å². The number of sulfonamides is 1. The van der Waals surface area contributed by atoms with Crippen molar-refractivity contribution >= 4 is 44.6 Å². The Balaban J connectivity index is 0.00000150. The number of halogens is 1. The molecular formula is C16H23ClN6O2S2. The number of rotatable bonds is 7. The highest BCUT2D eigenvalue weighted by Crippen LogP contribution is 2.40. The van der Waals surface area contributed by atoms with Gasteiger partial charge in [0.05, 0.1) is 17.3 Å². The predicted octanol–water partition coefficient (Wildman–Crippen LogP) is 3.99. The quantitative estimate of drug-likeness (QED) is 0.522. The fourth-order valence-electron chi connectivity index (χ4n) is 2.49. The Morgan fingerprint density at radius 1 is 1.41 bits per heavy atom. The number of nitrogens with one attached hydrogen (secondary N) is 3. The second kappa shape index (κ2) is 7.19. The van der Waals surface area contributed by atoms with Crippen LogP contribution in [0.2, 0.25) is 5.02 Å². The van der Waals surface area contributed by atoms with E-state index in [-0.39, 0.29) is 10.8 Å². The van der Waals surface area contributed by atoms with E-state index in [1.165, 1.54) is 30.4 Å². The third kappa shape index (κ3) is 4.64. The summed E-state index contributed by atoms with van der Waals surface area (Å²) in [4.78, 5) is 10.5. The molecule has 0 atom stereocenters. The lowest BCUT2D eigenvalue weighted by atomic mass is 10.3. The molecule has 3 aromatic rings. The van der Waals surface area contributed by atoms with Gasteiger partial charge in [0.2, 0.25) is 10.0 Å². The van der Waals surface area contributed by atoms with E-state index in [0.29, 0.717) is 28.4 Å². The van der Waals surface area contributed by atoms with Crippen LogP contribution in [0, 0.1) is 0 Å². The van der Waals surface area contributed by atoms with E-state index in [9.17, 15) is 8.42 Å². The van der Waals surface area contributed by atoms with Crippen molar-refractivity contribution < 1.29 is 12.7 Å². The summed E-state index contributed by atoms with van der Waals surface area (Å²) >= 11 is 7.64. The molecule has 8 nitrogen and oxygen atoms in total. The highest BCUT2D eigenvalue weighted by atomic mass is 35.5. The van der Waals surface area contributed by atoms with Crippen LogP contribution in [0.15, 0.2) is 24.4 Å². The minimum atomic E-state index is -3.24. The first kappa shape index (κ1) is 18.4. The molecule has 1 fully saturated rings. The maximum atomic E-state index is 11.2.